The summed E-state index contributed by atoms with van der Waals surface area (Å²) >= 11 is 0. The lowest BCUT2D eigenvalue weighted by Crippen LogP contribution is -2.27. The number of fused-ring (bicyclic) bond motifs is 1. The molecule has 0 amide bonds. The van der Waals surface area contributed by atoms with Crippen LogP contribution in [-0.4, -0.2) is 43.2 Å². The number of hydrogen-bond donors (Lipinski definition) is 3. The van der Waals surface area contributed by atoms with Crippen molar-refractivity contribution in [3.8, 4) is 12.1 Å². The normalized spacial score (nSPS) is 12.6. The minimum atomic E-state index is -3.70. The summed E-state index contributed by atoms with van der Waals surface area (Å²) < 4.78 is 42.3. The van der Waals surface area contributed by atoms with E-state index in [1.54, 1.807) is 13.0 Å². The van der Waals surface area contributed by atoms with Crippen LogP contribution in [0.1, 0.15) is 54.9 Å². The van der Waals surface area contributed by atoms with Gasteiger partial charge in [-0.1, -0.05) is 32.1 Å². The molecule has 1 aromatic carbocycles. The summed E-state index contributed by atoms with van der Waals surface area (Å²) in [6, 6.07) is 5.36. The number of nitrogens with zero attached hydrogens (tertiary/aromatic N) is 7. The van der Waals surface area contributed by atoms with E-state index in [0.29, 0.717) is 34.4 Å². The third-order valence-electron chi connectivity index (χ3n) is 6.05. The van der Waals surface area contributed by atoms with Crippen molar-refractivity contribution >= 4 is 22.3 Å². The number of rotatable bonds is 8. The fourth-order valence-electron chi connectivity index (χ4n) is 4.07. The first kappa shape index (κ1) is 28.3. The molecule has 1 unspecified atom stereocenters. The summed E-state index contributed by atoms with van der Waals surface area (Å²) in [6.07, 6.45) is 2.37. The van der Waals surface area contributed by atoms with Gasteiger partial charge in [0.25, 0.3) is 0 Å². The molecule has 0 aliphatic carbocycles. The minimum absolute atomic E-state index is 0.0261. The number of alkyl halides is 2. The van der Waals surface area contributed by atoms with Crippen LogP contribution in [-0.2, 0) is 6.05 Å². The molecule has 0 saturated carbocycles. The molecule has 0 fully saturated rings. The van der Waals surface area contributed by atoms with E-state index in [0.717, 1.165) is 12.3 Å². The van der Waals surface area contributed by atoms with Crippen LogP contribution in [0.15, 0.2) is 36.7 Å². The van der Waals surface area contributed by atoms with Gasteiger partial charge in [-0.2, -0.15) is 28.4 Å². The predicted octanol–water partition coefficient (Wildman–Crippen LogP) is 4.61. The van der Waals surface area contributed by atoms with Gasteiger partial charge in [0.15, 0.2) is 0 Å². The van der Waals surface area contributed by atoms with Crippen LogP contribution in [0.5, 0.6) is 0 Å². The molecule has 4 rings (SSSR count). The van der Waals surface area contributed by atoms with Crippen LogP contribution in [0, 0.1) is 40.9 Å². The second-order valence-electron chi connectivity index (χ2n) is 10.4. The van der Waals surface area contributed by atoms with Crippen molar-refractivity contribution in [2.75, 3.05) is 23.8 Å². The van der Waals surface area contributed by atoms with Gasteiger partial charge < -0.3 is 15.7 Å². The van der Waals surface area contributed by atoms with E-state index in [-0.39, 0.29) is 32.6 Å². The molecule has 0 bridgehead atoms. The van der Waals surface area contributed by atoms with Gasteiger partial charge in [-0.25, -0.2) is 4.98 Å². The highest BCUT2D eigenvalue weighted by Gasteiger charge is 2.33. The van der Waals surface area contributed by atoms with Gasteiger partial charge in [-0.15, -0.1) is 5.10 Å². The molecule has 1 atom stereocenters. The van der Waals surface area contributed by atoms with E-state index in [2.05, 4.69) is 43.1 Å². The zero-order valence-electron chi connectivity index (χ0n) is 22.2. The molecule has 0 radical (unpaired) electrons. The first-order chi connectivity index (χ1) is 18.9. The lowest BCUT2D eigenvalue weighted by molar-refractivity contribution is -0.131. The number of nitriles is 2. The lowest BCUT2D eigenvalue weighted by atomic mass is 9.96. The standard InChI is InChI=1S/C27H26F3N9O/c1-15-19(5-6-22(28)35-15)25(21-12-39(38-37-21)27(29,30)14-40)36-18-7-16(9-31)23-20(8-18)24(17(10-32)11-33-23)34-13-26(2,3)4/h5-8,11-12,25,36,40H,13-14H2,1-4H3,(H,33,34). The van der Waals surface area contributed by atoms with Gasteiger partial charge in [0.05, 0.1) is 34.6 Å². The Hall–Kier alpha value is -4.75. The van der Waals surface area contributed by atoms with Gasteiger partial charge in [-0.05, 0) is 30.5 Å². The number of aliphatic hydroxyl groups is 1. The largest absolute Gasteiger partial charge is 0.388 e. The molecule has 0 saturated heterocycles. The fourth-order valence-corrected chi connectivity index (χ4v) is 4.07. The molecule has 10 nitrogen and oxygen atoms in total. The van der Waals surface area contributed by atoms with Crippen molar-refractivity contribution in [1.29, 1.82) is 10.5 Å². The average molecular weight is 550 g/mol. The Morgan fingerprint density at radius 2 is 1.85 bits per heavy atom. The average Bonchev–Trinajstić information content (AvgIpc) is 3.41. The Bertz CT molecular complexity index is 1650. The van der Waals surface area contributed by atoms with E-state index in [9.17, 15) is 23.7 Å². The lowest BCUT2D eigenvalue weighted by Gasteiger charge is -2.23. The quantitative estimate of drug-likeness (QED) is 0.268. The van der Waals surface area contributed by atoms with E-state index >= 15 is 0 Å². The highest BCUT2D eigenvalue weighted by Crippen LogP contribution is 2.35. The van der Waals surface area contributed by atoms with Crippen molar-refractivity contribution in [2.45, 2.75) is 39.8 Å². The molecule has 40 heavy (non-hydrogen) atoms. The number of anilines is 2. The molecule has 3 N–H and O–H groups in total. The molecular weight excluding hydrogens is 523 g/mol. The van der Waals surface area contributed by atoms with E-state index in [1.807, 2.05) is 20.8 Å². The van der Waals surface area contributed by atoms with Crippen LogP contribution in [0.25, 0.3) is 10.9 Å². The highest BCUT2D eigenvalue weighted by molar-refractivity contribution is 5.99. The molecule has 206 valence electrons. The molecule has 13 heteroatoms. The maximum absolute atomic E-state index is 14.1. The predicted molar refractivity (Wildman–Crippen MR) is 141 cm³/mol. The molecule has 4 aromatic rings. The molecular formula is C27H26F3N9O. The second-order valence-corrected chi connectivity index (χ2v) is 10.4. The number of pyridine rings is 2. The zero-order chi connectivity index (χ0) is 29.2. The fraction of sp³-hybridized carbons (Fsp3) is 0.333. The van der Waals surface area contributed by atoms with Gasteiger partial charge >= 0.3 is 6.05 Å². The number of aryl methyl sites for hydroxylation is 1. The van der Waals surface area contributed by atoms with Crippen molar-refractivity contribution in [3.63, 3.8) is 0 Å². The Balaban J connectivity index is 1.88. The Morgan fingerprint density at radius 3 is 2.48 bits per heavy atom. The van der Waals surface area contributed by atoms with E-state index < -0.39 is 24.6 Å². The van der Waals surface area contributed by atoms with Crippen molar-refractivity contribution in [2.24, 2.45) is 5.41 Å². The molecule has 0 spiro atoms. The SMILES string of the molecule is Cc1nc(F)ccc1C(Nc1cc(C#N)c2ncc(C#N)c(NCC(C)(C)C)c2c1)c1cn(C(F)(F)CO)nn1. The highest BCUT2D eigenvalue weighted by atomic mass is 19.3. The van der Waals surface area contributed by atoms with Crippen LogP contribution in [0.2, 0.25) is 0 Å². The third-order valence-corrected chi connectivity index (χ3v) is 6.05. The number of aromatic nitrogens is 5. The summed E-state index contributed by atoms with van der Waals surface area (Å²) in [5.41, 5.74) is 2.29. The monoisotopic (exact) mass is 549 g/mol. The van der Waals surface area contributed by atoms with Crippen molar-refractivity contribution in [3.05, 3.63) is 70.7 Å². The van der Waals surface area contributed by atoms with Crippen molar-refractivity contribution < 1.29 is 18.3 Å². The minimum Gasteiger partial charge on any atom is -0.388 e. The Kier molecular flexibility index (Phi) is 7.62. The third kappa shape index (κ3) is 5.80. The van der Waals surface area contributed by atoms with Crippen molar-refractivity contribution in [1.82, 2.24) is 25.0 Å². The van der Waals surface area contributed by atoms with Crippen LogP contribution in [0.3, 0.4) is 0 Å². The molecule has 0 aliphatic rings. The summed E-state index contributed by atoms with van der Waals surface area (Å²) in [4.78, 5) is 8.17. The summed E-state index contributed by atoms with van der Waals surface area (Å²) in [7, 11) is 0. The topological polar surface area (TPSA) is 148 Å². The van der Waals surface area contributed by atoms with Gasteiger partial charge in [0.1, 0.15) is 24.4 Å². The second kappa shape index (κ2) is 10.8. The number of aliphatic hydroxyl groups excluding tert-OH is 1. The molecule has 3 aromatic heterocycles. The zero-order valence-corrected chi connectivity index (χ0v) is 22.2. The summed E-state index contributed by atoms with van der Waals surface area (Å²) in [6.45, 7) is 6.67. The molecule has 3 heterocycles. The maximum atomic E-state index is 14.1. The molecule has 0 aliphatic heterocycles. The Morgan fingerprint density at radius 1 is 1.12 bits per heavy atom. The van der Waals surface area contributed by atoms with Gasteiger partial charge in [0, 0.05) is 35.1 Å². The summed E-state index contributed by atoms with van der Waals surface area (Å²) in [5.74, 6) is -0.724. The van der Waals surface area contributed by atoms with Crippen LogP contribution >= 0.6 is 0 Å². The maximum Gasteiger partial charge on any atom is 0.367 e. The van der Waals surface area contributed by atoms with E-state index in [4.69, 9.17) is 5.11 Å². The number of nitrogens with one attached hydrogen (secondary N) is 2. The first-order valence-corrected chi connectivity index (χ1v) is 12.2. The van der Waals surface area contributed by atoms with Gasteiger partial charge in [0.2, 0.25) is 5.95 Å². The smallest absolute Gasteiger partial charge is 0.367 e. The first-order valence-electron chi connectivity index (χ1n) is 12.2. The number of benzene rings is 1. The van der Waals surface area contributed by atoms with Crippen LogP contribution < -0.4 is 10.6 Å². The van der Waals surface area contributed by atoms with Crippen LogP contribution in [0.4, 0.5) is 24.5 Å². The van der Waals surface area contributed by atoms with Gasteiger partial charge in [-0.3, -0.25) is 4.98 Å². The summed E-state index contributed by atoms with van der Waals surface area (Å²) in [5, 5.41) is 43.1. The Labute approximate surface area is 228 Å². The number of hydrogen-bond acceptors (Lipinski definition) is 9. The number of halogens is 3. The van der Waals surface area contributed by atoms with E-state index in [1.165, 1.54) is 18.3 Å².